The van der Waals surface area contributed by atoms with Crippen molar-refractivity contribution in [3.63, 3.8) is 0 Å². The Balaban J connectivity index is 2.22. The quantitative estimate of drug-likeness (QED) is 0.697. The lowest BCUT2D eigenvalue weighted by Crippen LogP contribution is -2.38. The largest absolute Gasteiger partial charge is 0.330 e. The van der Waals surface area contributed by atoms with Crippen molar-refractivity contribution in [2.24, 2.45) is 11.7 Å². The van der Waals surface area contributed by atoms with Crippen LogP contribution in [-0.4, -0.2) is 30.6 Å². The molecule has 0 aliphatic carbocycles. The predicted molar refractivity (Wildman–Crippen MR) is 62.2 cm³/mol. The zero-order valence-electron chi connectivity index (χ0n) is 9.58. The van der Waals surface area contributed by atoms with Crippen LogP contribution in [0.2, 0.25) is 0 Å². The van der Waals surface area contributed by atoms with Crippen molar-refractivity contribution in [3.05, 3.63) is 12.2 Å². The summed E-state index contributed by atoms with van der Waals surface area (Å²) in [5.41, 5.74) is 5.45. The van der Waals surface area contributed by atoms with Gasteiger partial charge in [-0.05, 0) is 58.7 Å². The topological polar surface area (TPSA) is 29.3 Å². The second kappa shape index (κ2) is 6.20. The van der Waals surface area contributed by atoms with Crippen LogP contribution < -0.4 is 5.73 Å². The van der Waals surface area contributed by atoms with Crippen LogP contribution in [-0.2, 0) is 0 Å². The third-order valence-corrected chi connectivity index (χ3v) is 3.05. The summed E-state index contributed by atoms with van der Waals surface area (Å²) in [4.78, 5) is 2.56. The van der Waals surface area contributed by atoms with Crippen molar-refractivity contribution in [2.75, 3.05) is 19.6 Å². The van der Waals surface area contributed by atoms with Crippen molar-refractivity contribution in [2.45, 2.75) is 39.2 Å². The maximum Gasteiger partial charge on any atom is 0.00385 e. The minimum atomic E-state index is 0.712. The molecule has 1 aliphatic rings. The molecule has 0 amide bonds. The highest BCUT2D eigenvalue weighted by Gasteiger charge is 2.18. The van der Waals surface area contributed by atoms with Crippen LogP contribution in [0.5, 0.6) is 0 Å². The summed E-state index contributed by atoms with van der Waals surface area (Å²) in [6.45, 7) is 7.86. The first-order chi connectivity index (χ1) is 6.74. The molecule has 1 saturated heterocycles. The summed E-state index contributed by atoms with van der Waals surface area (Å²) in [6.07, 6.45) is 8.28. The van der Waals surface area contributed by atoms with Gasteiger partial charge in [-0.15, -0.1) is 0 Å². The van der Waals surface area contributed by atoms with Gasteiger partial charge in [0.25, 0.3) is 0 Å². The van der Waals surface area contributed by atoms with Crippen molar-refractivity contribution < 1.29 is 0 Å². The Kier molecular flexibility index (Phi) is 5.20. The van der Waals surface area contributed by atoms with E-state index in [9.17, 15) is 0 Å². The molecule has 14 heavy (non-hydrogen) atoms. The Morgan fingerprint density at radius 1 is 1.36 bits per heavy atom. The lowest BCUT2D eigenvalue weighted by Gasteiger charge is -2.33. The summed E-state index contributed by atoms with van der Waals surface area (Å²) >= 11 is 0. The van der Waals surface area contributed by atoms with Crippen molar-refractivity contribution in [1.29, 1.82) is 0 Å². The van der Waals surface area contributed by atoms with Crippen molar-refractivity contribution in [1.82, 2.24) is 4.90 Å². The smallest absolute Gasteiger partial charge is 0.00385 e. The van der Waals surface area contributed by atoms with Gasteiger partial charge in [0.15, 0.2) is 0 Å². The van der Waals surface area contributed by atoms with E-state index in [0.29, 0.717) is 6.04 Å². The zero-order valence-corrected chi connectivity index (χ0v) is 9.58. The summed E-state index contributed by atoms with van der Waals surface area (Å²) in [7, 11) is 0. The Morgan fingerprint density at radius 3 is 2.50 bits per heavy atom. The number of piperidine rings is 1. The molecule has 0 atom stereocenters. The third kappa shape index (κ3) is 3.81. The van der Waals surface area contributed by atoms with E-state index in [4.69, 9.17) is 5.73 Å². The first-order valence-electron chi connectivity index (χ1n) is 5.85. The molecule has 0 aromatic carbocycles. The van der Waals surface area contributed by atoms with Gasteiger partial charge in [-0.3, -0.25) is 0 Å². The molecule has 0 saturated carbocycles. The van der Waals surface area contributed by atoms with Gasteiger partial charge in [0.1, 0.15) is 0 Å². The number of rotatable bonds is 4. The van der Waals surface area contributed by atoms with Crippen molar-refractivity contribution >= 4 is 0 Å². The molecule has 1 heterocycles. The van der Waals surface area contributed by atoms with Gasteiger partial charge in [0, 0.05) is 6.04 Å². The molecule has 1 aliphatic heterocycles. The maximum absolute atomic E-state index is 5.45. The van der Waals surface area contributed by atoms with Crippen LogP contribution in [0.1, 0.15) is 33.1 Å². The van der Waals surface area contributed by atoms with Crippen LogP contribution in [0.25, 0.3) is 0 Å². The molecule has 0 radical (unpaired) electrons. The van der Waals surface area contributed by atoms with E-state index in [1.165, 1.54) is 25.9 Å². The zero-order chi connectivity index (χ0) is 10.4. The molecule has 0 aromatic rings. The number of hydrogen-bond acceptors (Lipinski definition) is 2. The molecule has 1 fully saturated rings. The van der Waals surface area contributed by atoms with E-state index in [1.54, 1.807) is 0 Å². The van der Waals surface area contributed by atoms with Gasteiger partial charge in [-0.1, -0.05) is 12.2 Å². The second-order valence-corrected chi connectivity index (χ2v) is 4.47. The van der Waals surface area contributed by atoms with Crippen LogP contribution in [0.4, 0.5) is 0 Å². The van der Waals surface area contributed by atoms with Gasteiger partial charge >= 0.3 is 0 Å². The number of likely N-dealkylation sites (tertiary alicyclic amines) is 1. The normalized spacial score (nSPS) is 21.1. The average Bonchev–Trinajstić information content (AvgIpc) is 2.19. The van der Waals surface area contributed by atoms with E-state index < -0.39 is 0 Å². The fourth-order valence-electron chi connectivity index (χ4n) is 2.01. The highest BCUT2D eigenvalue weighted by Crippen LogP contribution is 2.19. The van der Waals surface area contributed by atoms with Gasteiger partial charge in [0.05, 0.1) is 0 Å². The average molecular weight is 196 g/mol. The molecule has 2 heteroatoms. The highest BCUT2D eigenvalue weighted by molar-refractivity contribution is 4.91. The van der Waals surface area contributed by atoms with E-state index >= 15 is 0 Å². The molecule has 0 spiro atoms. The van der Waals surface area contributed by atoms with E-state index in [0.717, 1.165) is 18.9 Å². The summed E-state index contributed by atoms with van der Waals surface area (Å²) in [5, 5.41) is 0. The summed E-state index contributed by atoms with van der Waals surface area (Å²) < 4.78 is 0. The van der Waals surface area contributed by atoms with E-state index in [1.807, 2.05) is 0 Å². The number of allylic oxidation sites excluding steroid dienone is 1. The van der Waals surface area contributed by atoms with E-state index in [-0.39, 0.29) is 0 Å². The molecule has 0 aromatic heterocycles. The Morgan fingerprint density at radius 2 is 2.00 bits per heavy atom. The molecule has 82 valence electrons. The van der Waals surface area contributed by atoms with Crippen LogP contribution in [0.15, 0.2) is 12.2 Å². The highest BCUT2D eigenvalue weighted by atomic mass is 15.1. The fourth-order valence-corrected chi connectivity index (χ4v) is 2.01. The molecule has 0 unspecified atom stereocenters. The Bertz CT molecular complexity index is 167. The van der Waals surface area contributed by atoms with Gasteiger partial charge in [-0.25, -0.2) is 0 Å². The molecule has 2 N–H and O–H groups in total. The summed E-state index contributed by atoms with van der Waals surface area (Å²) in [6, 6.07) is 0.712. The first kappa shape index (κ1) is 11.7. The minimum absolute atomic E-state index is 0.712. The Hall–Kier alpha value is -0.340. The first-order valence-corrected chi connectivity index (χ1v) is 5.85. The third-order valence-electron chi connectivity index (χ3n) is 3.05. The predicted octanol–water partition coefficient (Wildman–Crippen LogP) is 2.01. The molecule has 2 nitrogen and oxygen atoms in total. The molecule has 0 bridgehead atoms. The second-order valence-electron chi connectivity index (χ2n) is 4.47. The molecule has 1 rings (SSSR count). The SMILES string of the molecule is CC(C)N1CCC(/C=C\CCN)CC1. The fraction of sp³-hybridized carbons (Fsp3) is 0.833. The Labute approximate surface area is 88.2 Å². The standard InChI is InChI=1S/C12H24N2/c1-11(2)14-9-6-12(7-10-14)5-3-4-8-13/h3,5,11-12H,4,6-10,13H2,1-2H3/b5-3-. The van der Waals surface area contributed by atoms with Crippen molar-refractivity contribution in [3.8, 4) is 0 Å². The number of nitrogens with zero attached hydrogens (tertiary/aromatic N) is 1. The number of hydrogen-bond donors (Lipinski definition) is 1. The van der Waals surface area contributed by atoms with Gasteiger partial charge in [0.2, 0.25) is 0 Å². The van der Waals surface area contributed by atoms with E-state index in [2.05, 4.69) is 30.9 Å². The van der Waals surface area contributed by atoms with Crippen LogP contribution in [0.3, 0.4) is 0 Å². The molecular weight excluding hydrogens is 172 g/mol. The van der Waals surface area contributed by atoms with Crippen LogP contribution in [0, 0.1) is 5.92 Å². The molecular formula is C12H24N2. The van der Waals surface area contributed by atoms with Gasteiger partial charge in [-0.2, -0.15) is 0 Å². The maximum atomic E-state index is 5.45. The lowest BCUT2D eigenvalue weighted by molar-refractivity contribution is 0.164. The lowest BCUT2D eigenvalue weighted by atomic mass is 9.95. The monoisotopic (exact) mass is 196 g/mol. The summed E-state index contributed by atoms with van der Waals surface area (Å²) in [5.74, 6) is 0.802. The number of nitrogens with two attached hydrogens (primary N) is 1. The minimum Gasteiger partial charge on any atom is -0.330 e. The van der Waals surface area contributed by atoms with Crippen LogP contribution >= 0.6 is 0 Å². The van der Waals surface area contributed by atoms with Gasteiger partial charge < -0.3 is 10.6 Å².